The van der Waals surface area contributed by atoms with Crippen molar-refractivity contribution in [2.45, 2.75) is 31.3 Å². The summed E-state index contributed by atoms with van der Waals surface area (Å²) >= 11 is 0. The predicted molar refractivity (Wildman–Crippen MR) is 140 cm³/mol. The lowest BCUT2D eigenvalue weighted by atomic mass is 9.76. The van der Waals surface area contributed by atoms with E-state index >= 15 is 0 Å². The zero-order valence-corrected chi connectivity index (χ0v) is 20.1. The van der Waals surface area contributed by atoms with Crippen molar-refractivity contribution in [2.75, 3.05) is 44.8 Å². The molecule has 4 aliphatic rings. The van der Waals surface area contributed by atoms with Crippen molar-refractivity contribution in [1.82, 2.24) is 9.91 Å². The van der Waals surface area contributed by atoms with Gasteiger partial charge in [0.2, 0.25) is 0 Å². The van der Waals surface area contributed by atoms with Crippen LogP contribution in [0.5, 0.6) is 0 Å². The number of piperazine rings is 1. The summed E-state index contributed by atoms with van der Waals surface area (Å²) in [5, 5.41) is 4.97. The SMILES string of the molecule is C=N/C=C\C=C(/CCN1CCN(N2Cc3cc(C4C=CCC5C=CC=NC54)ccc32)CC1)OC. The summed E-state index contributed by atoms with van der Waals surface area (Å²) in [4.78, 5) is 11.1. The van der Waals surface area contributed by atoms with Gasteiger partial charge in [-0.05, 0) is 48.6 Å². The molecule has 0 amide bonds. The van der Waals surface area contributed by atoms with Crippen molar-refractivity contribution in [2.24, 2.45) is 15.9 Å². The van der Waals surface area contributed by atoms with E-state index in [1.807, 2.05) is 18.4 Å². The lowest BCUT2D eigenvalue weighted by Gasteiger charge is -2.48. The number of rotatable bonds is 8. The van der Waals surface area contributed by atoms with Gasteiger partial charge >= 0.3 is 0 Å². The Kier molecular flexibility index (Phi) is 7.07. The van der Waals surface area contributed by atoms with Crippen LogP contribution in [-0.2, 0) is 11.3 Å². The minimum absolute atomic E-state index is 0.348. The van der Waals surface area contributed by atoms with Gasteiger partial charge in [0.05, 0.1) is 31.1 Å². The van der Waals surface area contributed by atoms with Crippen LogP contribution >= 0.6 is 0 Å². The molecule has 34 heavy (non-hydrogen) atoms. The summed E-state index contributed by atoms with van der Waals surface area (Å²) in [7, 11) is 1.73. The summed E-state index contributed by atoms with van der Waals surface area (Å²) < 4.78 is 5.48. The summed E-state index contributed by atoms with van der Waals surface area (Å²) in [5.74, 6) is 1.90. The molecule has 3 atom stereocenters. The molecule has 0 bridgehead atoms. The maximum Gasteiger partial charge on any atom is 0.0968 e. The number of ether oxygens (including phenoxy) is 1. The molecule has 1 aliphatic carbocycles. The fraction of sp³-hybridized carbons (Fsp3) is 0.429. The molecule has 5 rings (SSSR count). The van der Waals surface area contributed by atoms with Gasteiger partial charge in [-0.1, -0.05) is 30.4 Å². The lowest BCUT2D eigenvalue weighted by molar-refractivity contribution is 0.112. The molecule has 0 saturated carbocycles. The van der Waals surface area contributed by atoms with Crippen molar-refractivity contribution in [3.05, 3.63) is 77.7 Å². The van der Waals surface area contributed by atoms with Crippen LogP contribution in [0, 0.1) is 5.92 Å². The van der Waals surface area contributed by atoms with Crippen LogP contribution in [0.4, 0.5) is 5.69 Å². The first-order valence-corrected chi connectivity index (χ1v) is 12.4. The molecular weight excluding hydrogens is 422 g/mol. The van der Waals surface area contributed by atoms with Gasteiger partial charge in [0.25, 0.3) is 0 Å². The van der Waals surface area contributed by atoms with Crippen molar-refractivity contribution >= 4 is 18.6 Å². The van der Waals surface area contributed by atoms with Crippen molar-refractivity contribution in [1.29, 1.82) is 0 Å². The minimum Gasteiger partial charge on any atom is -0.501 e. The van der Waals surface area contributed by atoms with Crippen LogP contribution in [0.25, 0.3) is 0 Å². The average molecular weight is 458 g/mol. The zero-order chi connectivity index (χ0) is 23.3. The number of anilines is 1. The number of dihydropyridines is 1. The molecule has 3 heterocycles. The highest BCUT2D eigenvalue weighted by Crippen LogP contribution is 2.41. The van der Waals surface area contributed by atoms with Crippen LogP contribution in [0.1, 0.15) is 29.9 Å². The maximum atomic E-state index is 5.48. The van der Waals surface area contributed by atoms with Crippen molar-refractivity contribution in [3.8, 4) is 0 Å². The van der Waals surface area contributed by atoms with E-state index in [9.17, 15) is 0 Å². The summed E-state index contributed by atoms with van der Waals surface area (Å²) in [6.45, 7) is 9.75. The predicted octanol–water partition coefficient (Wildman–Crippen LogP) is 4.34. The van der Waals surface area contributed by atoms with E-state index in [0.29, 0.717) is 17.9 Å². The zero-order valence-electron chi connectivity index (χ0n) is 20.1. The van der Waals surface area contributed by atoms with E-state index in [1.165, 1.54) is 16.8 Å². The average Bonchev–Trinajstić information content (AvgIpc) is 2.87. The first kappa shape index (κ1) is 22.8. The summed E-state index contributed by atoms with van der Waals surface area (Å²) in [6, 6.07) is 7.41. The van der Waals surface area contributed by atoms with Gasteiger partial charge in [-0.15, -0.1) is 0 Å². The molecule has 0 aromatic heterocycles. The molecule has 6 nitrogen and oxygen atoms in total. The van der Waals surface area contributed by atoms with Crippen LogP contribution in [0.3, 0.4) is 0 Å². The van der Waals surface area contributed by atoms with E-state index in [1.54, 1.807) is 13.3 Å². The summed E-state index contributed by atoms with van der Waals surface area (Å²) in [6.07, 6.45) is 18.6. The molecule has 3 unspecified atom stereocenters. The van der Waals surface area contributed by atoms with E-state index in [2.05, 4.69) is 69.1 Å². The number of hydrogen-bond donors (Lipinski definition) is 0. The highest BCUT2D eigenvalue weighted by molar-refractivity contribution is 5.73. The van der Waals surface area contributed by atoms with Crippen LogP contribution < -0.4 is 5.01 Å². The molecule has 1 saturated heterocycles. The second-order valence-corrected chi connectivity index (χ2v) is 9.38. The number of aliphatic imine (C=N–C) groups is 2. The van der Waals surface area contributed by atoms with Gasteiger partial charge in [0, 0.05) is 63.4 Å². The number of benzene rings is 1. The highest BCUT2D eigenvalue weighted by atomic mass is 16.5. The van der Waals surface area contributed by atoms with Gasteiger partial charge in [0.15, 0.2) is 0 Å². The lowest BCUT2D eigenvalue weighted by Crippen LogP contribution is -2.56. The Bertz CT molecular complexity index is 1030. The number of hydrogen-bond acceptors (Lipinski definition) is 6. The quantitative estimate of drug-likeness (QED) is 0.252. The Labute approximate surface area is 203 Å². The van der Waals surface area contributed by atoms with Crippen LogP contribution in [-0.4, -0.2) is 68.7 Å². The molecule has 0 radical (unpaired) electrons. The standard InChI is InChI=1S/C28H35N5O/c1-29-13-5-8-25(34-2)12-15-31-16-18-32(19-17-31)33-21-24-20-23(10-11-27(24)33)26-9-3-6-22-7-4-14-30-28(22)26/h3-5,7-11,13-14,20,22,26,28H,1,6,12,15-19,21H2,2H3/b13-5-,25-8+. The second-order valence-electron chi connectivity index (χ2n) is 9.38. The third kappa shape index (κ3) is 4.79. The first-order valence-electron chi connectivity index (χ1n) is 12.4. The second kappa shape index (κ2) is 10.5. The number of fused-ring (bicyclic) bond motifs is 2. The molecule has 1 aromatic carbocycles. The fourth-order valence-electron chi connectivity index (χ4n) is 5.48. The topological polar surface area (TPSA) is 43.7 Å². The summed E-state index contributed by atoms with van der Waals surface area (Å²) in [5.41, 5.74) is 4.23. The number of nitrogens with zero attached hydrogens (tertiary/aromatic N) is 5. The monoisotopic (exact) mass is 457 g/mol. The number of methoxy groups -OCH3 is 1. The molecule has 1 fully saturated rings. The van der Waals surface area contributed by atoms with Gasteiger partial charge in [-0.2, -0.15) is 0 Å². The first-order chi connectivity index (χ1) is 16.8. The molecule has 1 aromatic rings. The molecule has 6 heteroatoms. The van der Waals surface area contributed by atoms with E-state index in [4.69, 9.17) is 9.73 Å². The Hall–Kier alpha value is -2.96. The van der Waals surface area contributed by atoms with Gasteiger partial charge in [-0.25, -0.2) is 5.01 Å². The minimum atomic E-state index is 0.348. The van der Waals surface area contributed by atoms with Crippen LogP contribution in [0.15, 0.2) is 76.6 Å². The van der Waals surface area contributed by atoms with Crippen LogP contribution in [0.2, 0.25) is 0 Å². The Balaban J connectivity index is 1.14. The number of allylic oxidation sites excluding steroid dienone is 4. The molecule has 0 spiro atoms. The molecule has 3 aliphatic heterocycles. The maximum absolute atomic E-state index is 5.48. The highest BCUT2D eigenvalue weighted by Gasteiger charge is 2.34. The molecule has 178 valence electrons. The van der Waals surface area contributed by atoms with E-state index in [0.717, 1.165) is 57.9 Å². The van der Waals surface area contributed by atoms with Crippen molar-refractivity contribution in [3.63, 3.8) is 0 Å². The smallest absolute Gasteiger partial charge is 0.0968 e. The third-order valence-corrected chi connectivity index (χ3v) is 7.45. The molecule has 0 N–H and O–H groups in total. The largest absolute Gasteiger partial charge is 0.501 e. The van der Waals surface area contributed by atoms with Gasteiger partial charge in [-0.3, -0.25) is 9.98 Å². The number of hydrazine groups is 1. The molecular formula is C28H35N5O. The van der Waals surface area contributed by atoms with E-state index < -0.39 is 0 Å². The Morgan fingerprint density at radius 2 is 2.12 bits per heavy atom. The van der Waals surface area contributed by atoms with Gasteiger partial charge < -0.3 is 14.6 Å². The normalized spacial score (nSPS) is 26.9. The van der Waals surface area contributed by atoms with E-state index in [-0.39, 0.29) is 0 Å². The third-order valence-electron chi connectivity index (χ3n) is 7.45. The van der Waals surface area contributed by atoms with Crippen molar-refractivity contribution < 1.29 is 4.74 Å². The fourth-order valence-corrected chi connectivity index (χ4v) is 5.48. The Morgan fingerprint density at radius 3 is 2.91 bits per heavy atom. The van der Waals surface area contributed by atoms with Gasteiger partial charge in [0.1, 0.15) is 0 Å². The Morgan fingerprint density at radius 1 is 1.24 bits per heavy atom.